The van der Waals surface area contributed by atoms with Crippen LogP contribution in [-0.4, -0.2) is 37.0 Å². The topological polar surface area (TPSA) is 84.5 Å². The third-order valence-corrected chi connectivity index (χ3v) is 6.10. The molecule has 0 unspecified atom stereocenters. The molecule has 1 saturated carbocycles. The standard InChI is InChI=1S/C23H42N2O4/c1-7-8-9-10-17-11-13-18(14-12-17)21(26)24-19(15(2)3)22(27)25-20(16(4)5)23(28)29-6/h15-20H,7-14H2,1-6H3,(H,24,26)(H,25,27)/t17?,18?,19-,20+/m1/s1. The first-order valence-electron chi connectivity index (χ1n) is 11.4. The lowest BCUT2D eigenvalue weighted by Gasteiger charge is -2.30. The van der Waals surface area contributed by atoms with Gasteiger partial charge in [-0.05, 0) is 43.4 Å². The van der Waals surface area contributed by atoms with Gasteiger partial charge < -0.3 is 15.4 Å². The van der Waals surface area contributed by atoms with Crippen molar-refractivity contribution in [2.45, 2.75) is 98.1 Å². The lowest BCUT2D eigenvalue weighted by atomic mass is 9.79. The molecule has 0 aromatic carbocycles. The SMILES string of the molecule is CCCCCC1CCC(C(=O)N[C@@H](C(=O)N[C@H](C(=O)OC)C(C)C)C(C)C)CC1. The van der Waals surface area contributed by atoms with Gasteiger partial charge in [-0.2, -0.15) is 0 Å². The van der Waals surface area contributed by atoms with Crippen LogP contribution in [0.3, 0.4) is 0 Å². The van der Waals surface area contributed by atoms with Crippen molar-refractivity contribution in [1.82, 2.24) is 10.6 Å². The molecule has 2 N–H and O–H groups in total. The number of hydrogen-bond acceptors (Lipinski definition) is 4. The fraction of sp³-hybridized carbons (Fsp3) is 0.870. The van der Waals surface area contributed by atoms with Crippen molar-refractivity contribution in [2.24, 2.45) is 23.7 Å². The highest BCUT2D eigenvalue weighted by Crippen LogP contribution is 2.32. The molecule has 1 aliphatic rings. The molecule has 0 aliphatic heterocycles. The minimum Gasteiger partial charge on any atom is -0.467 e. The van der Waals surface area contributed by atoms with Crippen molar-refractivity contribution >= 4 is 17.8 Å². The van der Waals surface area contributed by atoms with Gasteiger partial charge in [-0.1, -0.05) is 60.3 Å². The van der Waals surface area contributed by atoms with Crippen LogP contribution in [0.2, 0.25) is 0 Å². The number of hydrogen-bond donors (Lipinski definition) is 2. The average Bonchev–Trinajstić information content (AvgIpc) is 2.69. The second-order valence-electron chi connectivity index (χ2n) is 9.20. The molecule has 6 heteroatoms. The Balaban J connectivity index is 2.61. The molecule has 2 atom stereocenters. The Labute approximate surface area is 176 Å². The molecule has 6 nitrogen and oxygen atoms in total. The van der Waals surface area contributed by atoms with Crippen molar-refractivity contribution < 1.29 is 19.1 Å². The van der Waals surface area contributed by atoms with Gasteiger partial charge in [0.2, 0.25) is 11.8 Å². The Morgan fingerprint density at radius 3 is 1.97 bits per heavy atom. The molecule has 1 aliphatic carbocycles. The maximum atomic E-state index is 12.8. The normalized spacial score (nSPS) is 21.5. The number of ether oxygens (including phenoxy) is 1. The van der Waals surface area contributed by atoms with E-state index in [0.29, 0.717) is 0 Å². The quantitative estimate of drug-likeness (QED) is 0.400. The van der Waals surface area contributed by atoms with E-state index in [9.17, 15) is 14.4 Å². The number of rotatable bonds is 11. The third-order valence-electron chi connectivity index (χ3n) is 6.10. The third kappa shape index (κ3) is 8.35. The van der Waals surface area contributed by atoms with Gasteiger partial charge in [-0.3, -0.25) is 9.59 Å². The zero-order chi connectivity index (χ0) is 22.0. The van der Waals surface area contributed by atoms with Crippen LogP contribution in [0.25, 0.3) is 0 Å². The van der Waals surface area contributed by atoms with E-state index in [0.717, 1.165) is 31.6 Å². The molecule has 29 heavy (non-hydrogen) atoms. The van der Waals surface area contributed by atoms with Crippen molar-refractivity contribution in [1.29, 1.82) is 0 Å². The Kier molecular flexibility index (Phi) is 11.3. The number of carbonyl (C=O) groups excluding carboxylic acids is 3. The number of carbonyl (C=O) groups is 3. The molecule has 0 spiro atoms. The van der Waals surface area contributed by atoms with Gasteiger partial charge in [0.15, 0.2) is 0 Å². The zero-order valence-electron chi connectivity index (χ0n) is 19.3. The molecule has 0 aromatic heterocycles. The summed E-state index contributed by atoms with van der Waals surface area (Å²) >= 11 is 0. The Morgan fingerprint density at radius 1 is 0.897 bits per heavy atom. The predicted molar refractivity (Wildman–Crippen MR) is 115 cm³/mol. The van der Waals surface area contributed by atoms with E-state index in [4.69, 9.17) is 4.74 Å². The second kappa shape index (κ2) is 12.9. The summed E-state index contributed by atoms with van der Waals surface area (Å²) in [4.78, 5) is 37.6. The smallest absolute Gasteiger partial charge is 0.328 e. The van der Waals surface area contributed by atoms with E-state index in [2.05, 4.69) is 17.6 Å². The highest BCUT2D eigenvalue weighted by molar-refractivity contribution is 5.91. The van der Waals surface area contributed by atoms with Gasteiger partial charge in [0.05, 0.1) is 7.11 Å². The fourth-order valence-electron chi connectivity index (χ4n) is 4.07. The van der Waals surface area contributed by atoms with E-state index >= 15 is 0 Å². The minimum atomic E-state index is -0.718. The molecule has 0 bridgehead atoms. The lowest BCUT2D eigenvalue weighted by Crippen LogP contribution is -2.56. The molecule has 0 heterocycles. The summed E-state index contributed by atoms with van der Waals surface area (Å²) < 4.78 is 4.80. The Morgan fingerprint density at radius 2 is 1.48 bits per heavy atom. The Hall–Kier alpha value is -1.59. The lowest BCUT2D eigenvalue weighted by molar-refractivity contribution is -0.147. The van der Waals surface area contributed by atoms with Crippen LogP contribution < -0.4 is 10.6 Å². The molecule has 1 rings (SSSR count). The summed E-state index contributed by atoms with van der Waals surface area (Å²) in [6.07, 6.45) is 9.06. The van der Waals surface area contributed by atoms with Crippen molar-refractivity contribution in [3.63, 3.8) is 0 Å². The molecular weight excluding hydrogens is 368 g/mol. The van der Waals surface area contributed by atoms with Gasteiger partial charge in [-0.25, -0.2) is 4.79 Å². The summed E-state index contributed by atoms with van der Waals surface area (Å²) in [6, 6.07) is -1.38. The van der Waals surface area contributed by atoms with Crippen LogP contribution in [-0.2, 0) is 19.1 Å². The summed E-state index contributed by atoms with van der Waals surface area (Å²) in [5.74, 6) is -0.290. The monoisotopic (exact) mass is 410 g/mol. The van der Waals surface area contributed by atoms with Crippen LogP contribution in [0.4, 0.5) is 0 Å². The summed E-state index contributed by atoms with van der Waals surface area (Å²) in [6.45, 7) is 9.72. The number of unbranched alkanes of at least 4 members (excludes halogenated alkanes) is 2. The largest absolute Gasteiger partial charge is 0.467 e. The molecule has 168 valence electrons. The maximum Gasteiger partial charge on any atom is 0.328 e. The van der Waals surface area contributed by atoms with Gasteiger partial charge in [0.25, 0.3) is 0 Å². The Bertz CT molecular complexity index is 525. The molecular formula is C23H42N2O4. The number of amides is 2. The molecule has 0 saturated heterocycles. The number of methoxy groups -OCH3 is 1. The second-order valence-corrected chi connectivity index (χ2v) is 9.20. The summed E-state index contributed by atoms with van der Waals surface area (Å²) in [5.41, 5.74) is 0. The van der Waals surface area contributed by atoms with Gasteiger partial charge in [0, 0.05) is 5.92 Å². The number of nitrogens with one attached hydrogen (secondary N) is 2. The van der Waals surface area contributed by atoms with Crippen LogP contribution in [0, 0.1) is 23.7 Å². The van der Waals surface area contributed by atoms with Crippen LogP contribution in [0.1, 0.15) is 86.0 Å². The fourth-order valence-corrected chi connectivity index (χ4v) is 4.07. The van der Waals surface area contributed by atoms with Crippen molar-refractivity contribution in [2.75, 3.05) is 7.11 Å². The van der Waals surface area contributed by atoms with E-state index in [-0.39, 0.29) is 29.6 Å². The van der Waals surface area contributed by atoms with Gasteiger partial charge in [-0.15, -0.1) is 0 Å². The van der Waals surface area contributed by atoms with E-state index < -0.39 is 18.1 Å². The van der Waals surface area contributed by atoms with E-state index in [1.54, 1.807) is 0 Å². The highest BCUT2D eigenvalue weighted by atomic mass is 16.5. The van der Waals surface area contributed by atoms with Crippen LogP contribution >= 0.6 is 0 Å². The highest BCUT2D eigenvalue weighted by Gasteiger charge is 2.33. The first-order valence-corrected chi connectivity index (χ1v) is 11.4. The van der Waals surface area contributed by atoms with Crippen LogP contribution in [0.5, 0.6) is 0 Å². The zero-order valence-corrected chi connectivity index (χ0v) is 19.3. The molecule has 1 fully saturated rings. The van der Waals surface area contributed by atoms with Gasteiger partial charge >= 0.3 is 5.97 Å². The van der Waals surface area contributed by atoms with E-state index in [1.165, 1.54) is 32.8 Å². The van der Waals surface area contributed by atoms with Gasteiger partial charge in [0.1, 0.15) is 12.1 Å². The first kappa shape index (κ1) is 25.4. The molecule has 0 radical (unpaired) electrons. The predicted octanol–water partition coefficient (Wildman–Crippen LogP) is 3.83. The first-order chi connectivity index (χ1) is 13.7. The van der Waals surface area contributed by atoms with Crippen molar-refractivity contribution in [3.05, 3.63) is 0 Å². The summed E-state index contributed by atoms with van der Waals surface area (Å²) in [5, 5.41) is 5.72. The molecule has 0 aromatic rings. The molecule has 2 amide bonds. The minimum absolute atomic E-state index is 0.0204. The average molecular weight is 411 g/mol. The van der Waals surface area contributed by atoms with Crippen LogP contribution in [0.15, 0.2) is 0 Å². The summed E-state index contributed by atoms with van der Waals surface area (Å²) in [7, 11) is 1.31. The number of esters is 1. The maximum absolute atomic E-state index is 12.8. The van der Waals surface area contributed by atoms with E-state index in [1.807, 2.05) is 27.7 Å². The van der Waals surface area contributed by atoms with Crippen molar-refractivity contribution in [3.8, 4) is 0 Å².